The van der Waals surface area contributed by atoms with E-state index in [0.29, 0.717) is 23.5 Å². The van der Waals surface area contributed by atoms with Crippen molar-refractivity contribution >= 4 is 27.7 Å². The number of sulfonamides is 1. The van der Waals surface area contributed by atoms with Crippen LogP contribution in [0.5, 0.6) is 5.75 Å². The molecule has 148 valence electrons. The smallest absolute Gasteiger partial charge is 0.273 e. The summed E-state index contributed by atoms with van der Waals surface area (Å²) in [6.45, 7) is 3.78. The van der Waals surface area contributed by atoms with Crippen LogP contribution in [0, 0.1) is 17.0 Å². The van der Waals surface area contributed by atoms with Crippen LogP contribution in [0.15, 0.2) is 53.4 Å². The van der Waals surface area contributed by atoms with Gasteiger partial charge in [0.1, 0.15) is 5.75 Å². The molecule has 0 atom stereocenters. The van der Waals surface area contributed by atoms with Gasteiger partial charge in [-0.15, -0.1) is 4.83 Å². The highest BCUT2D eigenvalue weighted by Gasteiger charge is 2.20. The third-order valence-electron chi connectivity index (χ3n) is 3.63. The van der Waals surface area contributed by atoms with Crippen molar-refractivity contribution in [3.63, 3.8) is 0 Å². The van der Waals surface area contributed by atoms with E-state index in [1.54, 1.807) is 24.3 Å². The second-order valence-electron chi connectivity index (χ2n) is 5.60. The maximum Gasteiger partial charge on any atom is 0.273 e. The van der Waals surface area contributed by atoms with E-state index >= 15 is 0 Å². The van der Waals surface area contributed by atoms with Gasteiger partial charge in [-0.1, -0.05) is 24.3 Å². The zero-order valence-electron chi connectivity index (χ0n) is 15.2. The van der Waals surface area contributed by atoms with Crippen LogP contribution >= 0.6 is 0 Å². The Morgan fingerprint density at radius 1 is 1.25 bits per heavy atom. The lowest BCUT2D eigenvalue weighted by atomic mass is 10.2. The summed E-state index contributed by atoms with van der Waals surface area (Å²) in [5, 5.41) is 11.0. The molecule has 0 heterocycles. The molecule has 1 amide bonds. The molecular weight excluding hydrogens is 386 g/mol. The van der Waals surface area contributed by atoms with Crippen LogP contribution in [-0.2, 0) is 14.8 Å². The Labute approximate surface area is 162 Å². The molecule has 0 aliphatic rings. The van der Waals surface area contributed by atoms with Gasteiger partial charge in [-0.2, -0.15) is 0 Å². The number of carbonyl (C=O) groups excluding carboxylic acids is 1. The molecule has 0 aliphatic heterocycles. The molecule has 0 bridgehead atoms. The fourth-order valence-corrected chi connectivity index (χ4v) is 3.11. The maximum atomic E-state index is 12.2. The molecule has 0 unspecified atom stereocenters. The summed E-state index contributed by atoms with van der Waals surface area (Å²) in [4.78, 5) is 23.8. The lowest BCUT2D eigenvalue weighted by molar-refractivity contribution is -0.385. The van der Waals surface area contributed by atoms with Crippen molar-refractivity contribution in [2.75, 3.05) is 6.61 Å². The van der Waals surface area contributed by atoms with E-state index < -0.39 is 20.9 Å². The molecule has 0 fully saturated rings. The molecule has 2 aromatic carbocycles. The van der Waals surface area contributed by atoms with Crippen molar-refractivity contribution < 1.29 is 22.9 Å². The van der Waals surface area contributed by atoms with Crippen LogP contribution in [-0.4, -0.2) is 25.9 Å². The molecular formula is C18H19N3O6S. The number of nitro benzene ring substituents is 1. The van der Waals surface area contributed by atoms with Crippen molar-refractivity contribution in [1.29, 1.82) is 0 Å². The van der Waals surface area contributed by atoms with Gasteiger partial charge in [-0.3, -0.25) is 20.3 Å². The highest BCUT2D eigenvalue weighted by molar-refractivity contribution is 7.89. The van der Waals surface area contributed by atoms with Crippen LogP contribution in [0.2, 0.25) is 0 Å². The number of nitro groups is 1. The number of amides is 1. The molecule has 2 aromatic rings. The fraction of sp³-hybridized carbons (Fsp3) is 0.167. The Hall–Kier alpha value is -3.24. The Morgan fingerprint density at radius 3 is 2.64 bits per heavy atom. The molecule has 2 N–H and O–H groups in total. The minimum atomic E-state index is -4.17. The normalized spacial score (nSPS) is 11.4. The van der Waals surface area contributed by atoms with Gasteiger partial charge in [-0.25, -0.2) is 8.42 Å². The molecule has 0 spiro atoms. The number of aryl methyl sites for hydroxylation is 1. The Kier molecular flexibility index (Phi) is 6.85. The quantitative estimate of drug-likeness (QED) is 0.394. The highest BCUT2D eigenvalue weighted by atomic mass is 32.2. The van der Waals surface area contributed by atoms with Crippen molar-refractivity contribution in [3.8, 4) is 5.75 Å². The Bertz CT molecular complexity index is 1020. The molecule has 2 rings (SSSR count). The highest BCUT2D eigenvalue weighted by Crippen LogP contribution is 2.22. The number of benzene rings is 2. The average Bonchev–Trinajstić information content (AvgIpc) is 2.66. The van der Waals surface area contributed by atoms with E-state index in [0.717, 1.165) is 12.1 Å². The first kappa shape index (κ1) is 21.1. The maximum absolute atomic E-state index is 12.2. The van der Waals surface area contributed by atoms with Gasteiger partial charge >= 0.3 is 0 Å². The van der Waals surface area contributed by atoms with E-state index in [9.17, 15) is 23.3 Å². The number of carbonyl (C=O) groups is 1. The van der Waals surface area contributed by atoms with Crippen LogP contribution in [0.25, 0.3) is 6.08 Å². The minimum absolute atomic E-state index is 0.323. The van der Waals surface area contributed by atoms with Crippen molar-refractivity contribution in [2.24, 2.45) is 0 Å². The molecule has 10 heteroatoms. The molecule has 0 saturated heterocycles. The van der Waals surface area contributed by atoms with E-state index in [1.807, 2.05) is 17.2 Å². The number of hydrazine groups is 1. The monoisotopic (exact) mass is 405 g/mol. The summed E-state index contributed by atoms with van der Waals surface area (Å²) in [5.41, 5.74) is 2.67. The van der Waals surface area contributed by atoms with Crippen LogP contribution in [0.3, 0.4) is 0 Å². The second-order valence-corrected chi connectivity index (χ2v) is 7.29. The molecule has 0 aliphatic carbocycles. The number of nitrogens with zero attached hydrogens (tertiary/aromatic N) is 1. The number of hydrogen-bond donors (Lipinski definition) is 2. The summed E-state index contributed by atoms with van der Waals surface area (Å²) in [7, 11) is -4.17. The third kappa shape index (κ3) is 5.38. The predicted molar refractivity (Wildman–Crippen MR) is 103 cm³/mol. The zero-order chi connectivity index (χ0) is 20.7. The van der Waals surface area contributed by atoms with Crippen molar-refractivity contribution in [1.82, 2.24) is 10.3 Å². The minimum Gasteiger partial charge on any atom is -0.493 e. The van der Waals surface area contributed by atoms with Gasteiger partial charge in [0.25, 0.3) is 21.6 Å². The molecule has 28 heavy (non-hydrogen) atoms. The third-order valence-corrected chi connectivity index (χ3v) is 4.87. The standard InChI is InChI=1S/C18H19N3O6S/c1-3-27-17-7-5-4-6-14(17)9-11-18(22)19-20-28(25,26)15-10-8-13(2)16(12-15)21(23)24/h4-12,20H,3H2,1-2H3,(H,19,22)/b11-9+. The fourth-order valence-electron chi connectivity index (χ4n) is 2.24. The number of hydrogen-bond acceptors (Lipinski definition) is 6. The predicted octanol–water partition coefficient (Wildman–Crippen LogP) is 2.32. The molecule has 0 radical (unpaired) electrons. The van der Waals surface area contributed by atoms with Gasteiger partial charge in [0.05, 0.1) is 16.4 Å². The Balaban J connectivity index is 2.08. The summed E-state index contributed by atoms with van der Waals surface area (Å²) >= 11 is 0. The van der Waals surface area contributed by atoms with Gasteiger partial charge in [-0.05, 0) is 32.1 Å². The van der Waals surface area contributed by atoms with Gasteiger partial charge in [0, 0.05) is 23.3 Å². The molecule has 0 saturated carbocycles. The van der Waals surface area contributed by atoms with Crippen LogP contribution in [0.4, 0.5) is 5.69 Å². The summed E-state index contributed by atoms with van der Waals surface area (Å²) < 4.78 is 29.9. The zero-order valence-corrected chi connectivity index (χ0v) is 16.0. The van der Waals surface area contributed by atoms with Crippen LogP contribution < -0.4 is 15.0 Å². The van der Waals surface area contributed by atoms with Crippen molar-refractivity contribution in [3.05, 3.63) is 69.8 Å². The lowest BCUT2D eigenvalue weighted by Gasteiger charge is -2.08. The number of rotatable bonds is 8. The van der Waals surface area contributed by atoms with Gasteiger partial charge in [0.2, 0.25) is 0 Å². The first-order chi connectivity index (χ1) is 13.2. The lowest BCUT2D eigenvalue weighted by Crippen LogP contribution is -2.40. The van der Waals surface area contributed by atoms with E-state index in [2.05, 4.69) is 0 Å². The van der Waals surface area contributed by atoms with Gasteiger partial charge in [0.15, 0.2) is 0 Å². The second kappa shape index (κ2) is 9.11. The average molecular weight is 405 g/mol. The summed E-state index contributed by atoms with van der Waals surface area (Å²) in [6, 6.07) is 10.5. The Morgan fingerprint density at radius 2 is 1.96 bits per heavy atom. The number of ether oxygens (including phenoxy) is 1. The van der Waals surface area contributed by atoms with E-state index in [1.165, 1.54) is 25.1 Å². The SMILES string of the molecule is CCOc1ccccc1/C=C/C(=O)NNS(=O)(=O)c1ccc(C)c([N+](=O)[O-])c1. The van der Waals surface area contributed by atoms with Crippen LogP contribution in [0.1, 0.15) is 18.1 Å². The molecule has 0 aromatic heterocycles. The largest absolute Gasteiger partial charge is 0.493 e. The van der Waals surface area contributed by atoms with Gasteiger partial charge < -0.3 is 4.74 Å². The molecule has 9 nitrogen and oxygen atoms in total. The summed E-state index contributed by atoms with van der Waals surface area (Å²) in [6.07, 6.45) is 2.61. The first-order valence-corrected chi connectivity index (χ1v) is 9.69. The topological polar surface area (TPSA) is 128 Å². The number of nitrogens with one attached hydrogen (secondary N) is 2. The first-order valence-electron chi connectivity index (χ1n) is 8.21. The van der Waals surface area contributed by atoms with E-state index in [4.69, 9.17) is 4.74 Å². The number of para-hydroxylation sites is 1. The summed E-state index contributed by atoms with van der Waals surface area (Å²) in [5.74, 6) is -0.141. The van der Waals surface area contributed by atoms with Crippen molar-refractivity contribution in [2.45, 2.75) is 18.7 Å². The van der Waals surface area contributed by atoms with E-state index in [-0.39, 0.29) is 10.6 Å².